The Kier molecular flexibility index (Phi) is 7.68. The van der Waals surface area contributed by atoms with E-state index in [4.69, 9.17) is 25.9 Å². The molecule has 44 heavy (non-hydrogen) atoms. The first kappa shape index (κ1) is 28.8. The SMILES string of the molecule is O=C(O)c1ccc(COc2c(C=Nn3c(-c4cc5cc(Br)ccc5o4)nc4ccccc4c3=O)cc(Cl)cc2[N+](=O)[O-])cc1. The van der Waals surface area contributed by atoms with Crippen LogP contribution in [0.3, 0.4) is 0 Å². The molecule has 11 nitrogen and oxygen atoms in total. The summed E-state index contributed by atoms with van der Waals surface area (Å²) in [6.07, 6.45) is 1.22. The summed E-state index contributed by atoms with van der Waals surface area (Å²) in [7, 11) is 0. The van der Waals surface area contributed by atoms with Crippen LogP contribution in [0, 0.1) is 10.1 Å². The summed E-state index contributed by atoms with van der Waals surface area (Å²) in [5.41, 5.74) is 0.841. The summed E-state index contributed by atoms with van der Waals surface area (Å²) in [6, 6.07) is 22.4. The summed E-state index contributed by atoms with van der Waals surface area (Å²) in [6.45, 7) is -0.125. The third kappa shape index (κ3) is 5.68. The van der Waals surface area contributed by atoms with Gasteiger partial charge in [-0.2, -0.15) is 9.78 Å². The maximum atomic E-state index is 13.7. The quantitative estimate of drug-likeness (QED) is 0.101. The van der Waals surface area contributed by atoms with Crippen molar-refractivity contribution in [3.8, 4) is 17.3 Å². The second kappa shape index (κ2) is 11.7. The highest BCUT2D eigenvalue weighted by atomic mass is 79.9. The minimum absolute atomic E-state index is 0.0448. The van der Waals surface area contributed by atoms with Crippen molar-refractivity contribution in [3.63, 3.8) is 0 Å². The van der Waals surface area contributed by atoms with Gasteiger partial charge in [-0.25, -0.2) is 9.78 Å². The van der Waals surface area contributed by atoms with E-state index in [1.165, 1.54) is 36.5 Å². The molecule has 6 rings (SSSR count). The molecule has 0 bridgehead atoms. The molecule has 0 aliphatic carbocycles. The van der Waals surface area contributed by atoms with Crippen LogP contribution in [0.25, 0.3) is 33.5 Å². The standard InChI is InChI=1S/C31H18BrClN4O7/c32-21-9-10-26-19(11-21)13-27(44-26)29-35-24-4-2-1-3-23(24)30(38)36(29)34-15-20-12-22(33)14-25(37(41)42)28(20)43-16-17-5-7-18(8-6-17)31(39)40/h1-15H,16H2,(H,39,40). The number of hydrogen-bond donors (Lipinski definition) is 1. The number of furan rings is 1. The van der Waals surface area contributed by atoms with Crippen LogP contribution >= 0.6 is 27.5 Å². The molecular weight excluding hydrogens is 656 g/mol. The molecule has 6 aromatic rings. The molecule has 2 aromatic heterocycles. The zero-order valence-corrected chi connectivity index (χ0v) is 24.7. The average molecular weight is 674 g/mol. The molecule has 0 atom stereocenters. The van der Waals surface area contributed by atoms with Gasteiger partial charge in [-0.3, -0.25) is 14.9 Å². The van der Waals surface area contributed by atoms with E-state index in [1.54, 1.807) is 36.4 Å². The molecule has 0 aliphatic rings. The van der Waals surface area contributed by atoms with Gasteiger partial charge in [-0.15, -0.1) is 0 Å². The molecule has 0 saturated carbocycles. The van der Waals surface area contributed by atoms with E-state index in [2.05, 4.69) is 26.0 Å². The van der Waals surface area contributed by atoms with Crippen molar-refractivity contribution in [3.05, 3.63) is 132 Å². The molecule has 0 aliphatic heterocycles. The summed E-state index contributed by atoms with van der Waals surface area (Å²) >= 11 is 9.67. The smallest absolute Gasteiger partial charge is 0.335 e. The highest BCUT2D eigenvalue weighted by Crippen LogP contribution is 2.35. The normalized spacial score (nSPS) is 11.4. The highest BCUT2D eigenvalue weighted by Gasteiger charge is 2.22. The van der Waals surface area contributed by atoms with Gasteiger partial charge >= 0.3 is 11.7 Å². The predicted octanol–water partition coefficient (Wildman–Crippen LogP) is 7.29. The number of halogens is 2. The number of carbonyl (C=O) groups is 1. The summed E-state index contributed by atoms with van der Waals surface area (Å²) in [5.74, 6) is -0.855. The van der Waals surface area contributed by atoms with Crippen LogP contribution in [-0.2, 0) is 6.61 Å². The molecule has 4 aromatic carbocycles. The van der Waals surface area contributed by atoms with Crippen molar-refractivity contribution in [2.45, 2.75) is 6.61 Å². The average Bonchev–Trinajstić information content (AvgIpc) is 3.43. The number of ether oxygens (including phenoxy) is 1. The number of nitro groups is 1. The summed E-state index contributed by atoms with van der Waals surface area (Å²) < 4.78 is 13.8. The second-order valence-corrected chi connectivity index (χ2v) is 10.9. The van der Waals surface area contributed by atoms with Crippen molar-refractivity contribution in [2.24, 2.45) is 5.10 Å². The molecule has 0 saturated heterocycles. The molecule has 2 heterocycles. The summed E-state index contributed by atoms with van der Waals surface area (Å²) in [4.78, 5) is 40.8. The van der Waals surface area contributed by atoms with Gasteiger partial charge in [-0.05, 0) is 60.2 Å². The fraction of sp³-hybridized carbons (Fsp3) is 0.0323. The van der Waals surface area contributed by atoms with Crippen LogP contribution < -0.4 is 10.3 Å². The van der Waals surface area contributed by atoms with Gasteiger partial charge in [0.2, 0.25) is 11.6 Å². The van der Waals surface area contributed by atoms with Gasteiger partial charge < -0.3 is 14.3 Å². The van der Waals surface area contributed by atoms with Crippen LogP contribution in [0.5, 0.6) is 5.75 Å². The number of nitrogens with zero attached hydrogens (tertiary/aromatic N) is 4. The second-order valence-electron chi connectivity index (χ2n) is 9.50. The number of nitro benzene ring substituents is 1. The van der Waals surface area contributed by atoms with Crippen LogP contribution in [0.2, 0.25) is 5.02 Å². The van der Waals surface area contributed by atoms with Crippen molar-refractivity contribution in [1.29, 1.82) is 0 Å². The third-order valence-electron chi connectivity index (χ3n) is 6.61. The number of rotatable bonds is 8. The van der Waals surface area contributed by atoms with Gasteiger partial charge in [0.05, 0.1) is 27.6 Å². The lowest BCUT2D eigenvalue weighted by atomic mass is 10.1. The monoisotopic (exact) mass is 672 g/mol. The topological polar surface area (TPSA) is 150 Å². The number of aromatic carboxylic acids is 1. The first-order chi connectivity index (χ1) is 21.2. The van der Waals surface area contributed by atoms with E-state index in [9.17, 15) is 19.7 Å². The molecular formula is C31H18BrClN4O7. The fourth-order valence-corrected chi connectivity index (χ4v) is 5.12. The van der Waals surface area contributed by atoms with Crippen molar-refractivity contribution in [2.75, 3.05) is 0 Å². The number of para-hydroxylation sites is 1. The molecule has 0 amide bonds. The number of hydrogen-bond acceptors (Lipinski definition) is 8. The number of carboxylic acids is 1. The fourth-order valence-electron chi connectivity index (χ4n) is 4.52. The predicted molar refractivity (Wildman–Crippen MR) is 168 cm³/mol. The largest absolute Gasteiger partial charge is 0.481 e. The van der Waals surface area contributed by atoms with Gasteiger partial charge in [0.25, 0.3) is 5.56 Å². The molecule has 1 N–H and O–H groups in total. The van der Waals surface area contributed by atoms with Gasteiger partial charge in [0.1, 0.15) is 12.2 Å². The van der Waals surface area contributed by atoms with E-state index in [1.807, 2.05) is 12.1 Å². The minimum Gasteiger partial charge on any atom is -0.481 e. The van der Waals surface area contributed by atoms with Crippen molar-refractivity contribution >= 4 is 67.3 Å². The number of carboxylic acid groups (broad SMARTS) is 1. The van der Waals surface area contributed by atoms with E-state index < -0.39 is 22.1 Å². The Labute approximate surface area is 260 Å². The molecule has 0 fully saturated rings. The Morgan fingerprint density at radius 3 is 2.64 bits per heavy atom. The van der Waals surface area contributed by atoms with Crippen molar-refractivity contribution < 1.29 is 24.0 Å². The van der Waals surface area contributed by atoms with Crippen molar-refractivity contribution in [1.82, 2.24) is 9.66 Å². The van der Waals surface area contributed by atoms with E-state index in [0.717, 1.165) is 20.6 Å². The zero-order chi connectivity index (χ0) is 31.0. The van der Waals surface area contributed by atoms with Crippen LogP contribution in [-0.4, -0.2) is 31.9 Å². The zero-order valence-electron chi connectivity index (χ0n) is 22.3. The Bertz CT molecular complexity index is 2190. The number of aromatic nitrogens is 2. The lowest BCUT2D eigenvalue weighted by molar-refractivity contribution is -0.385. The summed E-state index contributed by atoms with van der Waals surface area (Å²) in [5, 5.41) is 26.6. The molecule has 0 radical (unpaired) electrons. The lowest BCUT2D eigenvalue weighted by Crippen LogP contribution is -2.20. The van der Waals surface area contributed by atoms with Gasteiger partial charge in [0, 0.05) is 26.5 Å². The third-order valence-corrected chi connectivity index (χ3v) is 7.32. The first-order valence-electron chi connectivity index (χ1n) is 12.9. The highest BCUT2D eigenvalue weighted by molar-refractivity contribution is 9.10. The molecule has 0 unspecified atom stereocenters. The Morgan fingerprint density at radius 2 is 1.89 bits per heavy atom. The molecule has 0 spiro atoms. The van der Waals surface area contributed by atoms with Crippen LogP contribution in [0.1, 0.15) is 21.5 Å². The molecule has 13 heteroatoms. The lowest BCUT2D eigenvalue weighted by Gasteiger charge is -2.11. The van der Waals surface area contributed by atoms with Gasteiger partial charge in [-0.1, -0.05) is 51.8 Å². The Morgan fingerprint density at radius 1 is 1.11 bits per heavy atom. The van der Waals surface area contributed by atoms with Crippen LogP contribution in [0.15, 0.2) is 104 Å². The van der Waals surface area contributed by atoms with Gasteiger partial charge in [0.15, 0.2) is 5.76 Å². The number of benzene rings is 4. The molecule has 218 valence electrons. The first-order valence-corrected chi connectivity index (χ1v) is 14.0. The van der Waals surface area contributed by atoms with E-state index in [0.29, 0.717) is 22.0 Å². The Hall–Kier alpha value is -5.33. The van der Waals surface area contributed by atoms with Crippen LogP contribution in [0.4, 0.5) is 5.69 Å². The Balaban J connectivity index is 1.46. The maximum Gasteiger partial charge on any atom is 0.335 e. The number of fused-ring (bicyclic) bond motifs is 2. The maximum absolute atomic E-state index is 13.7. The van der Waals surface area contributed by atoms with E-state index in [-0.39, 0.29) is 40.1 Å². The van der Waals surface area contributed by atoms with E-state index >= 15 is 0 Å². The minimum atomic E-state index is -1.09.